The summed E-state index contributed by atoms with van der Waals surface area (Å²) in [6, 6.07) is -0.196. The van der Waals surface area contributed by atoms with Gasteiger partial charge >= 0.3 is 5.97 Å². The minimum Gasteiger partial charge on any atom is -0.495 e. The number of carbonyl (C=O) groups is 3. The molecule has 27 heavy (non-hydrogen) atoms. The van der Waals surface area contributed by atoms with E-state index < -0.39 is 35.9 Å². The summed E-state index contributed by atoms with van der Waals surface area (Å²) >= 11 is 0. The molecule has 0 saturated carbocycles. The van der Waals surface area contributed by atoms with Crippen LogP contribution in [-0.2, 0) is 19.1 Å². The number of aliphatic hydroxyl groups is 1. The zero-order valence-corrected chi connectivity index (χ0v) is 15.3. The van der Waals surface area contributed by atoms with Gasteiger partial charge in [-0.25, -0.2) is 4.79 Å². The van der Waals surface area contributed by atoms with Crippen molar-refractivity contribution in [2.24, 2.45) is 0 Å². The van der Waals surface area contributed by atoms with E-state index in [0.717, 1.165) is 6.21 Å². The van der Waals surface area contributed by atoms with Crippen molar-refractivity contribution in [2.45, 2.75) is 44.9 Å². The fraction of sp³-hybridized carbons (Fsp3) is 0.471. The second kappa shape index (κ2) is 10.8. The predicted molar refractivity (Wildman–Crippen MR) is 92.8 cm³/mol. The lowest BCUT2D eigenvalue weighted by Crippen LogP contribution is -2.49. The predicted octanol–water partition coefficient (Wildman–Crippen LogP) is 0.210. The molecule has 10 heteroatoms. The van der Waals surface area contributed by atoms with Crippen molar-refractivity contribution in [2.75, 3.05) is 7.11 Å². The van der Waals surface area contributed by atoms with Crippen LogP contribution in [0, 0.1) is 0 Å². The SMILES string of the molecule is COc1cncc([C@@H](O)C(=O)N[C@@H](C(=O)CCC=[N+]=[N-])C(=O)OC(C)C)c1. The van der Waals surface area contributed by atoms with Crippen molar-refractivity contribution in [1.82, 2.24) is 10.3 Å². The number of hydrogen-bond acceptors (Lipinski definition) is 7. The van der Waals surface area contributed by atoms with E-state index >= 15 is 0 Å². The minimum absolute atomic E-state index is 0.0685. The van der Waals surface area contributed by atoms with Crippen LogP contribution in [0.25, 0.3) is 5.53 Å². The Balaban J connectivity index is 2.94. The molecule has 0 radical (unpaired) electrons. The Morgan fingerprint density at radius 3 is 2.67 bits per heavy atom. The van der Waals surface area contributed by atoms with Crippen LogP contribution in [0.3, 0.4) is 0 Å². The van der Waals surface area contributed by atoms with Crippen molar-refractivity contribution >= 4 is 23.9 Å². The first-order valence-electron chi connectivity index (χ1n) is 8.16. The number of ketones is 1. The van der Waals surface area contributed by atoms with E-state index in [2.05, 4.69) is 15.1 Å². The van der Waals surface area contributed by atoms with Gasteiger partial charge in [0, 0.05) is 24.6 Å². The highest BCUT2D eigenvalue weighted by atomic mass is 16.5. The monoisotopic (exact) mass is 378 g/mol. The van der Waals surface area contributed by atoms with Crippen LogP contribution in [0.2, 0.25) is 0 Å². The molecule has 0 unspecified atom stereocenters. The lowest BCUT2D eigenvalue weighted by atomic mass is 10.1. The maximum absolute atomic E-state index is 12.3. The molecule has 1 amide bonds. The molecule has 2 N–H and O–H groups in total. The van der Waals surface area contributed by atoms with Gasteiger partial charge < -0.3 is 25.4 Å². The highest BCUT2D eigenvalue weighted by Gasteiger charge is 2.32. The first-order valence-corrected chi connectivity index (χ1v) is 8.16. The Hall–Kier alpha value is -3.10. The number of amides is 1. The van der Waals surface area contributed by atoms with E-state index in [9.17, 15) is 19.5 Å². The molecule has 0 fully saturated rings. The van der Waals surface area contributed by atoms with Gasteiger partial charge in [0.05, 0.1) is 19.4 Å². The van der Waals surface area contributed by atoms with E-state index in [1.165, 1.54) is 25.6 Å². The smallest absolute Gasteiger partial charge is 0.336 e. The molecule has 0 aromatic carbocycles. The first-order chi connectivity index (χ1) is 12.8. The first kappa shape index (κ1) is 21.9. The van der Waals surface area contributed by atoms with Gasteiger partial charge in [0.2, 0.25) is 0 Å². The van der Waals surface area contributed by atoms with Crippen LogP contribution >= 0.6 is 0 Å². The fourth-order valence-corrected chi connectivity index (χ4v) is 2.05. The van der Waals surface area contributed by atoms with Crippen LogP contribution < -0.4 is 10.1 Å². The van der Waals surface area contributed by atoms with E-state index in [0.29, 0.717) is 5.75 Å². The molecule has 1 aromatic rings. The zero-order valence-electron chi connectivity index (χ0n) is 15.3. The summed E-state index contributed by atoms with van der Waals surface area (Å²) in [6.07, 6.45) is 1.46. The number of ether oxygens (including phenoxy) is 2. The number of pyridine rings is 1. The Bertz CT molecular complexity index is 730. The molecule has 0 aliphatic carbocycles. The van der Waals surface area contributed by atoms with Gasteiger partial charge in [-0.1, -0.05) is 0 Å². The quantitative estimate of drug-likeness (QED) is 0.194. The van der Waals surface area contributed by atoms with Crippen LogP contribution in [0.4, 0.5) is 0 Å². The van der Waals surface area contributed by atoms with E-state index in [1.807, 2.05) is 0 Å². The van der Waals surface area contributed by atoms with Crippen LogP contribution in [-0.4, -0.2) is 58.0 Å². The average Bonchev–Trinajstić information content (AvgIpc) is 2.64. The number of esters is 1. The lowest BCUT2D eigenvalue weighted by molar-refractivity contribution is -0.155. The summed E-state index contributed by atoms with van der Waals surface area (Å²) in [4.78, 5) is 43.4. The van der Waals surface area contributed by atoms with E-state index in [4.69, 9.17) is 15.0 Å². The van der Waals surface area contributed by atoms with Crippen LogP contribution in [0.1, 0.15) is 38.4 Å². The van der Waals surface area contributed by atoms with Crippen molar-refractivity contribution < 1.29 is 33.8 Å². The number of rotatable bonds is 10. The summed E-state index contributed by atoms with van der Waals surface area (Å²) in [5.41, 5.74) is 8.51. The molecule has 0 aliphatic rings. The summed E-state index contributed by atoms with van der Waals surface area (Å²) < 4.78 is 9.97. The largest absolute Gasteiger partial charge is 0.495 e. The molecule has 1 heterocycles. The third-order valence-electron chi connectivity index (χ3n) is 3.33. The Kier molecular flexibility index (Phi) is 8.77. The number of Topliss-reactive ketones (excluding diaryl/α,β-unsaturated/α-hetero) is 1. The van der Waals surface area contributed by atoms with Gasteiger partial charge in [-0.2, -0.15) is 4.79 Å². The Morgan fingerprint density at radius 1 is 1.37 bits per heavy atom. The molecule has 0 bridgehead atoms. The molecule has 1 rings (SSSR count). The Labute approximate surface area is 156 Å². The fourth-order valence-electron chi connectivity index (χ4n) is 2.05. The van der Waals surface area contributed by atoms with Crippen molar-refractivity contribution in [3.8, 4) is 5.75 Å². The molecule has 2 atom stereocenters. The number of aliphatic hydroxyl groups excluding tert-OH is 1. The lowest BCUT2D eigenvalue weighted by Gasteiger charge is -2.19. The molecular formula is C17H22N4O6. The third kappa shape index (κ3) is 6.96. The number of carbonyl (C=O) groups excluding carboxylic acids is 3. The van der Waals surface area contributed by atoms with Crippen molar-refractivity contribution in [3.63, 3.8) is 0 Å². The molecular weight excluding hydrogens is 356 g/mol. The zero-order chi connectivity index (χ0) is 20.4. The van der Waals surface area contributed by atoms with Crippen LogP contribution in [0.5, 0.6) is 5.75 Å². The van der Waals surface area contributed by atoms with Gasteiger partial charge in [-0.05, 0) is 19.9 Å². The summed E-state index contributed by atoms with van der Waals surface area (Å²) in [6.45, 7) is 3.19. The normalized spacial score (nSPS) is 12.5. The third-order valence-corrected chi connectivity index (χ3v) is 3.33. The molecule has 1 aromatic heterocycles. The summed E-state index contributed by atoms with van der Waals surface area (Å²) in [5.74, 6) is -2.24. The number of hydrogen-bond donors (Lipinski definition) is 2. The molecule has 0 spiro atoms. The highest BCUT2D eigenvalue weighted by molar-refractivity contribution is 6.06. The number of nitrogens with one attached hydrogen (secondary N) is 1. The van der Waals surface area contributed by atoms with Crippen molar-refractivity contribution in [3.05, 3.63) is 29.6 Å². The number of methoxy groups -OCH3 is 1. The second-order valence-electron chi connectivity index (χ2n) is 5.79. The van der Waals surface area contributed by atoms with E-state index in [1.54, 1.807) is 13.8 Å². The maximum atomic E-state index is 12.3. The second-order valence-corrected chi connectivity index (χ2v) is 5.79. The van der Waals surface area contributed by atoms with Gasteiger partial charge in [-0.15, -0.1) is 0 Å². The molecule has 146 valence electrons. The van der Waals surface area contributed by atoms with Gasteiger partial charge in [0.25, 0.3) is 12.1 Å². The number of nitrogens with zero attached hydrogens (tertiary/aromatic N) is 3. The minimum atomic E-state index is -1.67. The standard InChI is InChI=1S/C17H22N4O6/c1-10(2)27-17(25)14(13(22)5-4-6-20-18)21-16(24)15(23)11-7-12(26-3)9-19-8-11/h6-10,14-15,23H,4-5H2,1-3H3,(H,21,24)/t14-,15+/m0/s1. The van der Waals surface area contributed by atoms with Crippen LogP contribution in [0.15, 0.2) is 18.5 Å². The maximum Gasteiger partial charge on any atom is 0.336 e. The molecule has 0 aliphatic heterocycles. The van der Waals surface area contributed by atoms with Gasteiger partial charge in [-0.3, -0.25) is 14.6 Å². The Morgan fingerprint density at radius 2 is 2.07 bits per heavy atom. The average molecular weight is 378 g/mol. The highest BCUT2D eigenvalue weighted by Crippen LogP contribution is 2.18. The van der Waals surface area contributed by atoms with Gasteiger partial charge in [0.1, 0.15) is 5.75 Å². The topological polar surface area (TPSA) is 151 Å². The summed E-state index contributed by atoms with van der Waals surface area (Å²) in [5, 5.41) is 12.4. The van der Waals surface area contributed by atoms with E-state index in [-0.39, 0.29) is 18.4 Å². The number of aromatic nitrogens is 1. The van der Waals surface area contributed by atoms with Gasteiger partial charge in [0.15, 0.2) is 17.9 Å². The summed E-state index contributed by atoms with van der Waals surface area (Å²) in [7, 11) is 1.40. The van der Waals surface area contributed by atoms with Crippen molar-refractivity contribution in [1.29, 1.82) is 0 Å². The molecule has 0 saturated heterocycles. The molecule has 10 nitrogen and oxygen atoms in total.